The normalized spacial score (nSPS) is 14.5. The van der Waals surface area contributed by atoms with Crippen molar-refractivity contribution < 1.29 is 22.8 Å². The second-order valence-corrected chi connectivity index (χ2v) is 12.0. The first-order valence-corrected chi connectivity index (χ1v) is 15.0. The zero-order chi connectivity index (χ0) is 28.9. The summed E-state index contributed by atoms with van der Waals surface area (Å²) in [7, 11) is -3.98. The van der Waals surface area contributed by atoms with Crippen molar-refractivity contribution in [3.05, 3.63) is 99.5 Å². The quantitative estimate of drug-likeness (QED) is 0.343. The van der Waals surface area contributed by atoms with Crippen LogP contribution in [0.4, 0.5) is 0 Å². The fourth-order valence-corrected chi connectivity index (χ4v) is 6.72. The number of likely N-dealkylation sites (N-methyl/N-ethyl adjacent to an activating group) is 1. The smallest absolute Gasteiger partial charge is 0.269 e. The van der Waals surface area contributed by atoms with Gasteiger partial charge in [0, 0.05) is 42.5 Å². The molecule has 3 aromatic carbocycles. The van der Waals surface area contributed by atoms with Crippen molar-refractivity contribution >= 4 is 50.9 Å². The molecule has 11 heteroatoms. The van der Waals surface area contributed by atoms with Crippen LogP contribution in [0.1, 0.15) is 41.3 Å². The maximum atomic E-state index is 13.7. The molecule has 0 spiro atoms. The second kappa shape index (κ2) is 12.8. The van der Waals surface area contributed by atoms with E-state index in [1.807, 2.05) is 30.3 Å². The van der Waals surface area contributed by atoms with Crippen LogP contribution < -0.4 is 5.32 Å². The van der Waals surface area contributed by atoms with Gasteiger partial charge in [-0.15, -0.1) is 0 Å². The molecule has 4 rings (SSSR count). The topological polar surface area (TPSA) is 104 Å². The van der Waals surface area contributed by atoms with Gasteiger partial charge in [0.15, 0.2) is 0 Å². The Morgan fingerprint density at radius 2 is 1.70 bits per heavy atom. The van der Waals surface area contributed by atoms with Gasteiger partial charge >= 0.3 is 0 Å². The molecule has 40 heavy (non-hydrogen) atoms. The summed E-state index contributed by atoms with van der Waals surface area (Å²) >= 11 is 12.5. The SMILES string of the molecule is CCNC(=O)[C@H](Cc1ccccc1)N(Cc1ccc(Cl)cc1Cl)C(=O)CCCN1C(=O)c2ccccc2S1(=O)=O. The molecule has 1 atom stereocenters. The molecule has 1 aliphatic rings. The molecule has 0 radical (unpaired) electrons. The number of rotatable bonds is 11. The van der Waals surface area contributed by atoms with Crippen LogP contribution in [0.3, 0.4) is 0 Å². The summed E-state index contributed by atoms with van der Waals surface area (Å²) in [5.41, 5.74) is 1.59. The van der Waals surface area contributed by atoms with Gasteiger partial charge in [-0.2, -0.15) is 0 Å². The van der Waals surface area contributed by atoms with Crippen molar-refractivity contribution in [3.8, 4) is 0 Å². The molecule has 0 saturated carbocycles. The standard InChI is InChI=1S/C29H29Cl2N3O5S/c1-2-32-28(36)25(17-20-9-4-3-5-10-20)33(19-21-14-15-22(30)18-24(21)31)27(35)13-8-16-34-29(37)23-11-6-7-12-26(23)40(34,38)39/h3-7,9-12,14-15,18,25H,2,8,13,16-17,19H2,1H3,(H,32,36)/t25-/m0/s1. The van der Waals surface area contributed by atoms with E-state index in [0.29, 0.717) is 22.2 Å². The van der Waals surface area contributed by atoms with Crippen molar-refractivity contribution in [3.63, 3.8) is 0 Å². The Balaban J connectivity index is 1.57. The Labute approximate surface area is 243 Å². The summed E-state index contributed by atoms with van der Waals surface area (Å²) < 4.78 is 26.6. The third-order valence-corrected chi connectivity index (χ3v) is 9.07. The van der Waals surface area contributed by atoms with Crippen molar-refractivity contribution in [1.82, 2.24) is 14.5 Å². The van der Waals surface area contributed by atoms with Crippen molar-refractivity contribution in [1.29, 1.82) is 0 Å². The fraction of sp³-hybridized carbons (Fsp3) is 0.276. The maximum Gasteiger partial charge on any atom is 0.269 e. The number of amides is 3. The highest BCUT2D eigenvalue weighted by molar-refractivity contribution is 7.90. The maximum absolute atomic E-state index is 13.7. The van der Waals surface area contributed by atoms with Gasteiger partial charge in [-0.3, -0.25) is 14.4 Å². The zero-order valence-corrected chi connectivity index (χ0v) is 24.2. The lowest BCUT2D eigenvalue weighted by Gasteiger charge is -2.32. The van der Waals surface area contributed by atoms with Crippen LogP contribution in [0, 0.1) is 0 Å². The second-order valence-electron chi connectivity index (χ2n) is 9.34. The lowest BCUT2D eigenvalue weighted by Crippen LogP contribution is -2.50. The highest BCUT2D eigenvalue weighted by Gasteiger charge is 2.40. The van der Waals surface area contributed by atoms with E-state index < -0.39 is 22.0 Å². The third kappa shape index (κ3) is 6.49. The fourth-order valence-electron chi connectivity index (χ4n) is 4.65. The summed E-state index contributed by atoms with van der Waals surface area (Å²) in [6.07, 6.45) is 0.250. The average molecular weight is 603 g/mol. The summed E-state index contributed by atoms with van der Waals surface area (Å²) in [5.74, 6) is -1.31. The molecule has 8 nitrogen and oxygen atoms in total. The van der Waals surface area contributed by atoms with E-state index in [2.05, 4.69) is 5.32 Å². The highest BCUT2D eigenvalue weighted by atomic mass is 35.5. The van der Waals surface area contributed by atoms with Crippen LogP contribution in [0.5, 0.6) is 0 Å². The summed E-state index contributed by atoms with van der Waals surface area (Å²) in [4.78, 5) is 41.2. The number of carbonyl (C=O) groups is 3. The molecule has 0 bridgehead atoms. The van der Waals surface area contributed by atoms with E-state index in [0.717, 1.165) is 9.87 Å². The van der Waals surface area contributed by atoms with Crippen molar-refractivity contribution in [2.75, 3.05) is 13.1 Å². The lowest BCUT2D eigenvalue weighted by atomic mass is 10.0. The summed E-state index contributed by atoms with van der Waals surface area (Å²) in [5, 5.41) is 3.61. The number of nitrogens with one attached hydrogen (secondary N) is 1. The minimum atomic E-state index is -3.98. The Morgan fingerprint density at radius 1 is 1.00 bits per heavy atom. The first kappa shape index (κ1) is 29.6. The molecule has 0 aliphatic carbocycles. The summed E-state index contributed by atoms with van der Waals surface area (Å²) in [6, 6.07) is 19.5. The van der Waals surface area contributed by atoms with Crippen LogP contribution in [0.2, 0.25) is 10.0 Å². The largest absolute Gasteiger partial charge is 0.355 e. The average Bonchev–Trinajstić information content (AvgIpc) is 3.13. The van der Waals surface area contributed by atoms with Crippen LogP contribution in [0.25, 0.3) is 0 Å². The number of benzene rings is 3. The molecule has 0 fully saturated rings. The van der Waals surface area contributed by atoms with E-state index in [1.54, 1.807) is 37.3 Å². The molecule has 210 valence electrons. The van der Waals surface area contributed by atoms with Gasteiger partial charge in [0.2, 0.25) is 11.8 Å². The number of sulfonamides is 1. The molecular formula is C29H29Cl2N3O5S. The van der Waals surface area contributed by atoms with Gasteiger partial charge in [-0.25, -0.2) is 12.7 Å². The number of nitrogens with zero attached hydrogens (tertiary/aromatic N) is 2. The molecule has 1 aliphatic heterocycles. The van der Waals surface area contributed by atoms with E-state index >= 15 is 0 Å². The molecule has 3 aromatic rings. The Hall–Kier alpha value is -3.40. The first-order chi connectivity index (χ1) is 19.1. The lowest BCUT2D eigenvalue weighted by molar-refractivity contribution is -0.141. The third-order valence-electron chi connectivity index (χ3n) is 6.64. The highest BCUT2D eigenvalue weighted by Crippen LogP contribution is 2.30. The van der Waals surface area contributed by atoms with Crippen LogP contribution in [-0.2, 0) is 32.6 Å². The van der Waals surface area contributed by atoms with Crippen LogP contribution in [-0.4, -0.2) is 54.5 Å². The molecule has 0 saturated heterocycles. The van der Waals surface area contributed by atoms with E-state index in [4.69, 9.17) is 23.2 Å². The zero-order valence-electron chi connectivity index (χ0n) is 21.8. The molecule has 1 N–H and O–H groups in total. The van der Waals surface area contributed by atoms with Crippen molar-refractivity contribution in [2.24, 2.45) is 0 Å². The van der Waals surface area contributed by atoms with Crippen LogP contribution >= 0.6 is 23.2 Å². The number of fused-ring (bicyclic) bond motifs is 1. The minimum Gasteiger partial charge on any atom is -0.355 e. The summed E-state index contributed by atoms with van der Waals surface area (Å²) in [6.45, 7) is 2.05. The molecule has 0 unspecified atom stereocenters. The molecular weight excluding hydrogens is 573 g/mol. The molecule has 3 amide bonds. The van der Waals surface area contributed by atoms with E-state index in [9.17, 15) is 22.8 Å². The van der Waals surface area contributed by atoms with Gasteiger partial charge in [-0.05, 0) is 48.7 Å². The monoisotopic (exact) mass is 601 g/mol. The number of carbonyl (C=O) groups excluding carboxylic acids is 3. The van der Waals surface area contributed by atoms with Gasteiger partial charge < -0.3 is 10.2 Å². The Kier molecular flexibility index (Phi) is 9.50. The van der Waals surface area contributed by atoms with Gasteiger partial charge in [0.1, 0.15) is 10.9 Å². The van der Waals surface area contributed by atoms with E-state index in [1.165, 1.54) is 17.0 Å². The predicted molar refractivity (Wildman–Crippen MR) is 154 cm³/mol. The van der Waals surface area contributed by atoms with Crippen molar-refractivity contribution in [2.45, 2.75) is 43.7 Å². The Morgan fingerprint density at radius 3 is 2.38 bits per heavy atom. The minimum absolute atomic E-state index is 0.0375. The van der Waals surface area contributed by atoms with Gasteiger partial charge in [0.25, 0.3) is 15.9 Å². The first-order valence-electron chi connectivity index (χ1n) is 12.8. The molecule has 0 aromatic heterocycles. The van der Waals surface area contributed by atoms with Crippen LogP contribution in [0.15, 0.2) is 77.7 Å². The number of halogens is 2. The van der Waals surface area contributed by atoms with E-state index in [-0.39, 0.29) is 54.6 Å². The predicted octanol–water partition coefficient (Wildman–Crippen LogP) is 4.69. The molecule has 1 heterocycles. The number of hydrogen-bond acceptors (Lipinski definition) is 5. The van der Waals surface area contributed by atoms with Gasteiger partial charge in [0.05, 0.1) is 5.56 Å². The Bertz CT molecular complexity index is 1520. The number of hydrogen-bond donors (Lipinski definition) is 1. The van der Waals surface area contributed by atoms with Gasteiger partial charge in [-0.1, -0.05) is 71.7 Å².